The summed E-state index contributed by atoms with van der Waals surface area (Å²) in [6, 6.07) is 73.7. The molecule has 368 valence electrons. The molecule has 0 aliphatic carbocycles. The van der Waals surface area contributed by atoms with Gasteiger partial charge in [-0.2, -0.15) is 0 Å². The second kappa shape index (κ2) is 24.8. The molecule has 2 nitrogen and oxygen atoms in total. The summed E-state index contributed by atoms with van der Waals surface area (Å²) in [7, 11) is 6.66. The third kappa shape index (κ3) is 11.7. The van der Waals surface area contributed by atoms with Crippen molar-refractivity contribution in [2.75, 3.05) is 0 Å². The van der Waals surface area contributed by atoms with Crippen LogP contribution in [0.25, 0.3) is 44.1 Å². The van der Waals surface area contributed by atoms with Gasteiger partial charge in [0.2, 0.25) is 0 Å². The molecule has 10 rings (SSSR count). The molecule has 7 heteroatoms. The molecule has 0 fully saturated rings. The van der Waals surface area contributed by atoms with Crippen LogP contribution in [0.2, 0.25) is 0 Å². The van der Waals surface area contributed by atoms with Gasteiger partial charge in [-0.3, -0.25) is 0 Å². The Labute approximate surface area is 452 Å². The van der Waals surface area contributed by atoms with Crippen molar-refractivity contribution in [3.8, 4) is 11.1 Å². The number of benzene rings is 10. The maximum atomic E-state index is 8.07. The number of fused-ring (bicyclic) bond motifs is 2. The molecule has 0 spiro atoms. The molecule has 0 amide bonds. The van der Waals surface area contributed by atoms with Crippen molar-refractivity contribution in [3.05, 3.63) is 273 Å². The Morgan fingerprint density at radius 1 is 0.315 bits per heavy atom. The van der Waals surface area contributed by atoms with Crippen molar-refractivity contribution in [1.29, 1.82) is 0 Å². The van der Waals surface area contributed by atoms with E-state index in [1.807, 2.05) is 60.7 Å². The molecule has 0 radical (unpaired) electrons. The Balaban J connectivity index is 0.000000314. The average Bonchev–Trinajstić information content (AvgIpc) is 3.39. The molecule has 0 aromatic heterocycles. The van der Waals surface area contributed by atoms with E-state index in [0.717, 1.165) is 11.1 Å². The fourth-order valence-corrected chi connectivity index (χ4v) is 17.7. The number of rotatable bonds is 10. The molecule has 10 aromatic carbocycles. The fourth-order valence-electron chi connectivity index (χ4n) is 10.8. The van der Waals surface area contributed by atoms with Gasteiger partial charge in [-0.15, -0.1) is 12.1 Å². The fraction of sp³-hybridized carbons (Fsp3) is 0.152. The number of aryl methyl sites for hydroxylation is 8. The Morgan fingerprint density at radius 2 is 0.562 bits per heavy atom. The predicted octanol–water partition coefficient (Wildman–Crippen LogP) is 17.1. The SMILES string of the molecule is Cc1cccc(C)c1[PH+](c1ccc2ccccc2c1-c1c([PH+](c2c(C)cccc2C)c2c(C)cccc2C)ccc2ccccc12)c1c(C)cccc1C.[Cl][Ru+2][Cl].[NH-]C(c1ccccc1)C([NH-])c1ccccc1. The standard InChI is InChI=1S/C52H48P2.C14H14N2.2ClH.Ru/c1-33-17-13-18-34(2)49(33)53(50-35(3)19-14-20-36(50)4)45-31-29-41-25-9-11-27-43(41)47(45)48-44-28-12-10-26-42(44)30-32-46(48)54(51-37(5)21-15-22-38(51)6)52-39(7)23-16-24-40(52)8;15-13(11-7-3-1-4-8-11)14(16)12-9-5-2-6-10-12;;;/h9-32H,1-8H3;1-10,13-16H;2*1H;/q;-2;;;+4. The Kier molecular flexibility index (Phi) is 18.4. The van der Waals surface area contributed by atoms with Crippen molar-refractivity contribution >= 4 is 88.6 Å². The minimum atomic E-state index is -1.52. The van der Waals surface area contributed by atoms with Crippen LogP contribution in [0.15, 0.2) is 206 Å². The van der Waals surface area contributed by atoms with Crippen molar-refractivity contribution in [1.82, 2.24) is 0 Å². The molecule has 0 heterocycles. The quantitative estimate of drug-likeness (QED) is 0.0968. The molecule has 10 aromatic rings. The molecule has 2 N–H and O–H groups in total. The second-order valence-electron chi connectivity index (χ2n) is 19.1. The molecule has 0 bridgehead atoms. The first kappa shape index (κ1) is 54.0. The van der Waals surface area contributed by atoms with E-state index < -0.39 is 27.9 Å². The molecule has 2 atom stereocenters. The van der Waals surface area contributed by atoms with Gasteiger partial charge >= 0.3 is 34.5 Å². The molecule has 2 unspecified atom stereocenters. The van der Waals surface area contributed by atoms with Crippen LogP contribution in [-0.2, 0) is 15.1 Å². The zero-order valence-corrected chi connectivity index (χ0v) is 48.1. The van der Waals surface area contributed by atoms with Gasteiger partial charge in [-0.05, 0) is 134 Å². The topological polar surface area (TPSA) is 47.6 Å². The summed E-state index contributed by atoms with van der Waals surface area (Å²) >= 11 is -0.346. The van der Waals surface area contributed by atoms with E-state index in [2.05, 4.69) is 201 Å². The van der Waals surface area contributed by atoms with Crippen molar-refractivity contribution < 1.29 is 15.1 Å². The van der Waals surface area contributed by atoms with E-state index in [4.69, 9.17) is 30.8 Å². The molecular formula is C66H64Cl2N2P2Ru+2. The summed E-state index contributed by atoms with van der Waals surface area (Å²) in [5.41, 5.74) is 31.7. The number of hydrogen-bond acceptors (Lipinski definition) is 0. The van der Waals surface area contributed by atoms with Crippen molar-refractivity contribution in [2.24, 2.45) is 0 Å². The summed E-state index contributed by atoms with van der Waals surface area (Å²) in [4.78, 5) is 0. The minimum Gasteiger partial charge on any atom is -0.672 e. The van der Waals surface area contributed by atoms with Crippen LogP contribution in [0.4, 0.5) is 0 Å². The zero-order chi connectivity index (χ0) is 51.8. The monoisotopic (exact) mass is 1120 g/mol. The first-order valence-electron chi connectivity index (χ1n) is 24.8. The summed E-state index contributed by atoms with van der Waals surface area (Å²) < 4.78 is 0. The largest absolute Gasteiger partial charge is 0.672 e. The molecule has 73 heavy (non-hydrogen) atoms. The number of nitrogens with one attached hydrogen (secondary N) is 2. The van der Waals surface area contributed by atoms with Gasteiger partial charge in [-0.1, -0.05) is 205 Å². The van der Waals surface area contributed by atoms with Crippen LogP contribution >= 0.6 is 35.2 Å². The average molecular weight is 1120 g/mol. The molecule has 0 saturated carbocycles. The summed E-state index contributed by atoms with van der Waals surface area (Å²) in [5, 5.41) is 14.2. The Bertz CT molecular complexity index is 3090. The van der Waals surface area contributed by atoms with Crippen LogP contribution in [0, 0.1) is 55.4 Å². The smallest absolute Gasteiger partial charge is 0.0606 e. The first-order valence-corrected chi connectivity index (χ1v) is 32.3. The molecular weight excluding hydrogens is 1050 g/mol. The van der Waals surface area contributed by atoms with Crippen LogP contribution in [0.3, 0.4) is 0 Å². The van der Waals surface area contributed by atoms with E-state index in [-0.39, 0.29) is 15.1 Å². The first-order chi connectivity index (χ1) is 35.4. The van der Waals surface area contributed by atoms with Crippen LogP contribution in [0.1, 0.15) is 67.7 Å². The van der Waals surface area contributed by atoms with Crippen LogP contribution < -0.4 is 31.8 Å². The third-order valence-electron chi connectivity index (χ3n) is 14.2. The Hall–Kier alpha value is -5.30. The van der Waals surface area contributed by atoms with Gasteiger partial charge in [0.15, 0.2) is 0 Å². The molecule has 0 aliphatic heterocycles. The third-order valence-corrected chi connectivity index (χ3v) is 21.3. The minimum absolute atomic E-state index is 0.346. The molecule has 0 aliphatic rings. The van der Waals surface area contributed by atoms with Gasteiger partial charge in [0.1, 0.15) is 47.7 Å². The van der Waals surface area contributed by atoms with Gasteiger partial charge in [0, 0.05) is 11.1 Å². The number of halogens is 2. The summed E-state index contributed by atoms with van der Waals surface area (Å²) in [5.74, 6) is 0. The normalized spacial score (nSPS) is 12.0. The van der Waals surface area contributed by atoms with E-state index in [0.29, 0.717) is 0 Å². The van der Waals surface area contributed by atoms with E-state index >= 15 is 0 Å². The predicted molar refractivity (Wildman–Crippen MR) is 324 cm³/mol. The second-order valence-corrected chi connectivity index (χ2v) is 26.3. The van der Waals surface area contributed by atoms with Crippen molar-refractivity contribution in [2.45, 2.75) is 67.5 Å². The van der Waals surface area contributed by atoms with Gasteiger partial charge in [0.05, 0.1) is 0 Å². The maximum Gasteiger partial charge on any atom is -0.0606 e. The zero-order valence-electron chi connectivity index (χ0n) is 42.9. The summed E-state index contributed by atoms with van der Waals surface area (Å²) in [6.07, 6.45) is 0. The van der Waals surface area contributed by atoms with Gasteiger partial charge in [0.25, 0.3) is 0 Å². The van der Waals surface area contributed by atoms with Crippen molar-refractivity contribution in [3.63, 3.8) is 0 Å². The molecule has 0 saturated heterocycles. The van der Waals surface area contributed by atoms with E-state index in [1.54, 1.807) is 0 Å². The Morgan fingerprint density at radius 3 is 0.836 bits per heavy atom. The maximum absolute atomic E-state index is 8.07. The number of hydrogen-bond donors (Lipinski definition) is 0. The van der Waals surface area contributed by atoms with Crippen LogP contribution in [-0.4, -0.2) is 0 Å². The van der Waals surface area contributed by atoms with Crippen LogP contribution in [0.5, 0.6) is 0 Å². The van der Waals surface area contributed by atoms with E-state index in [9.17, 15) is 0 Å². The van der Waals surface area contributed by atoms with E-state index in [1.165, 1.54) is 109 Å². The summed E-state index contributed by atoms with van der Waals surface area (Å²) in [6.45, 7) is 18.6. The van der Waals surface area contributed by atoms with Gasteiger partial charge < -0.3 is 11.5 Å². The van der Waals surface area contributed by atoms with Gasteiger partial charge in [-0.25, -0.2) is 0 Å².